The van der Waals surface area contributed by atoms with Gasteiger partial charge in [-0.25, -0.2) is 0 Å². The van der Waals surface area contributed by atoms with E-state index >= 15 is 0 Å². The summed E-state index contributed by atoms with van der Waals surface area (Å²) in [6.45, 7) is 2.02. The third-order valence-corrected chi connectivity index (χ3v) is 3.24. The number of nitrogens with one attached hydrogen (secondary N) is 1. The Hall–Kier alpha value is -1.08. The summed E-state index contributed by atoms with van der Waals surface area (Å²) in [6, 6.07) is 7.23. The van der Waals surface area contributed by atoms with Crippen LogP contribution in [0.3, 0.4) is 0 Å². The van der Waals surface area contributed by atoms with E-state index < -0.39 is 6.10 Å². The number of rotatable bonds is 5. The van der Waals surface area contributed by atoms with E-state index in [1.165, 1.54) is 0 Å². The predicted molar refractivity (Wildman–Crippen MR) is 69.0 cm³/mol. The van der Waals surface area contributed by atoms with E-state index in [-0.39, 0.29) is 6.04 Å². The molecule has 17 heavy (non-hydrogen) atoms. The zero-order chi connectivity index (χ0) is 12.8. The molecule has 0 bridgehead atoms. The minimum atomic E-state index is -0.476. The number of nitriles is 1. The average Bonchev–Trinajstić information content (AvgIpc) is 2.33. The van der Waals surface area contributed by atoms with Crippen molar-refractivity contribution < 1.29 is 5.11 Å². The molecular formula is C13H17ClN2O. The lowest BCUT2D eigenvalue weighted by Gasteiger charge is -2.21. The van der Waals surface area contributed by atoms with Crippen LogP contribution < -0.4 is 5.32 Å². The maximum Gasteiger partial charge on any atom is 0.0992 e. The van der Waals surface area contributed by atoms with Gasteiger partial charge in [-0.15, -0.1) is 0 Å². The van der Waals surface area contributed by atoms with Crippen LogP contribution in [0.25, 0.3) is 0 Å². The molecule has 1 rings (SSSR count). The summed E-state index contributed by atoms with van der Waals surface area (Å²) < 4.78 is 0. The zero-order valence-electron chi connectivity index (χ0n) is 10.1. The Morgan fingerprint density at radius 3 is 2.71 bits per heavy atom. The molecule has 2 unspecified atom stereocenters. The fraction of sp³-hybridized carbons (Fsp3) is 0.462. The molecule has 0 aliphatic rings. The smallest absolute Gasteiger partial charge is 0.0992 e. The van der Waals surface area contributed by atoms with Gasteiger partial charge in [-0.1, -0.05) is 24.6 Å². The van der Waals surface area contributed by atoms with Crippen molar-refractivity contribution in [3.63, 3.8) is 0 Å². The minimum Gasteiger partial charge on any atom is -0.391 e. The van der Waals surface area contributed by atoms with Crippen LogP contribution in [0.5, 0.6) is 0 Å². The van der Waals surface area contributed by atoms with Crippen molar-refractivity contribution in [1.82, 2.24) is 5.32 Å². The molecule has 3 nitrogen and oxygen atoms in total. The van der Waals surface area contributed by atoms with Gasteiger partial charge in [0.1, 0.15) is 0 Å². The van der Waals surface area contributed by atoms with Gasteiger partial charge in [-0.05, 0) is 31.2 Å². The van der Waals surface area contributed by atoms with Gasteiger partial charge in [-0.3, -0.25) is 0 Å². The number of aliphatic hydroxyl groups is 1. The third kappa shape index (κ3) is 3.71. The van der Waals surface area contributed by atoms with E-state index in [0.717, 1.165) is 12.0 Å². The second kappa shape index (κ2) is 6.61. The Morgan fingerprint density at radius 2 is 2.24 bits per heavy atom. The fourth-order valence-electron chi connectivity index (χ4n) is 1.82. The molecule has 0 fully saturated rings. The first-order valence-electron chi connectivity index (χ1n) is 5.66. The SMILES string of the molecule is CCC(NC)C(O)Cc1ccc(C#N)cc1Cl. The van der Waals surface area contributed by atoms with Gasteiger partial charge in [0.15, 0.2) is 0 Å². The first-order valence-corrected chi connectivity index (χ1v) is 6.04. The highest BCUT2D eigenvalue weighted by Crippen LogP contribution is 2.20. The minimum absolute atomic E-state index is 0.0571. The molecule has 0 spiro atoms. The predicted octanol–water partition coefficient (Wildman–Crippen LogP) is 2.11. The molecule has 0 amide bonds. The maximum absolute atomic E-state index is 10.0. The van der Waals surface area contributed by atoms with Crippen molar-refractivity contribution in [2.75, 3.05) is 7.05 Å². The summed E-state index contributed by atoms with van der Waals surface area (Å²) >= 11 is 6.06. The number of benzene rings is 1. The molecule has 4 heteroatoms. The number of hydrogen-bond acceptors (Lipinski definition) is 3. The fourth-order valence-corrected chi connectivity index (χ4v) is 2.08. The van der Waals surface area contributed by atoms with E-state index in [1.54, 1.807) is 18.2 Å². The van der Waals surface area contributed by atoms with E-state index in [4.69, 9.17) is 16.9 Å². The Bertz CT molecular complexity index is 410. The highest BCUT2D eigenvalue weighted by Gasteiger charge is 2.17. The number of aliphatic hydroxyl groups excluding tert-OH is 1. The molecule has 0 aliphatic carbocycles. The summed E-state index contributed by atoms with van der Waals surface area (Å²) in [7, 11) is 1.83. The summed E-state index contributed by atoms with van der Waals surface area (Å²) in [5, 5.41) is 22.4. The molecule has 2 N–H and O–H groups in total. The van der Waals surface area contributed by atoms with E-state index in [0.29, 0.717) is 17.0 Å². The summed E-state index contributed by atoms with van der Waals surface area (Å²) in [6.07, 6.45) is 0.866. The second-order valence-corrected chi connectivity index (χ2v) is 4.40. The average molecular weight is 253 g/mol. The standard InChI is InChI=1S/C13H17ClN2O/c1-3-12(16-2)13(17)7-10-5-4-9(8-15)6-11(10)14/h4-6,12-13,16-17H,3,7H2,1-2H3. The highest BCUT2D eigenvalue weighted by molar-refractivity contribution is 6.31. The molecule has 0 saturated carbocycles. The van der Waals surface area contributed by atoms with Crippen molar-refractivity contribution >= 4 is 11.6 Å². The van der Waals surface area contributed by atoms with Gasteiger partial charge in [0.25, 0.3) is 0 Å². The molecule has 1 aromatic carbocycles. The van der Waals surface area contributed by atoms with Gasteiger partial charge in [0, 0.05) is 17.5 Å². The van der Waals surface area contributed by atoms with Crippen molar-refractivity contribution in [2.24, 2.45) is 0 Å². The van der Waals surface area contributed by atoms with Crippen molar-refractivity contribution in [3.8, 4) is 6.07 Å². The number of halogens is 1. The van der Waals surface area contributed by atoms with Gasteiger partial charge in [0.05, 0.1) is 17.7 Å². The lowest BCUT2D eigenvalue weighted by molar-refractivity contribution is 0.129. The molecule has 0 saturated heterocycles. The number of likely N-dealkylation sites (N-methyl/N-ethyl adjacent to an activating group) is 1. The van der Waals surface area contributed by atoms with Crippen molar-refractivity contribution in [1.29, 1.82) is 5.26 Å². The summed E-state index contributed by atoms with van der Waals surface area (Å²) in [4.78, 5) is 0. The van der Waals surface area contributed by atoms with E-state index in [2.05, 4.69) is 5.32 Å². The Balaban J connectivity index is 2.78. The topological polar surface area (TPSA) is 56.0 Å². The van der Waals surface area contributed by atoms with Gasteiger partial charge in [0.2, 0.25) is 0 Å². The maximum atomic E-state index is 10.0. The normalized spacial score (nSPS) is 14.1. The third-order valence-electron chi connectivity index (χ3n) is 2.89. The van der Waals surface area contributed by atoms with Gasteiger partial charge < -0.3 is 10.4 Å². The molecule has 1 aromatic rings. The molecule has 0 aliphatic heterocycles. The highest BCUT2D eigenvalue weighted by atomic mass is 35.5. The van der Waals surface area contributed by atoms with E-state index in [9.17, 15) is 5.11 Å². The molecule has 0 heterocycles. The number of hydrogen-bond donors (Lipinski definition) is 2. The quantitative estimate of drug-likeness (QED) is 0.844. The Kier molecular flexibility index (Phi) is 5.43. The zero-order valence-corrected chi connectivity index (χ0v) is 10.8. The molecule has 0 aromatic heterocycles. The van der Waals surface area contributed by atoms with Crippen LogP contribution in [0.15, 0.2) is 18.2 Å². The largest absolute Gasteiger partial charge is 0.391 e. The van der Waals surface area contributed by atoms with Crippen molar-refractivity contribution in [2.45, 2.75) is 31.9 Å². The first kappa shape index (κ1) is 14.0. The van der Waals surface area contributed by atoms with Gasteiger partial charge >= 0.3 is 0 Å². The Morgan fingerprint density at radius 1 is 1.53 bits per heavy atom. The molecule has 0 radical (unpaired) electrons. The monoisotopic (exact) mass is 252 g/mol. The number of nitrogens with zero attached hydrogens (tertiary/aromatic N) is 1. The van der Waals surface area contributed by atoms with Crippen LogP contribution in [0.2, 0.25) is 5.02 Å². The molecule has 92 valence electrons. The van der Waals surface area contributed by atoms with Crippen LogP contribution in [-0.2, 0) is 6.42 Å². The van der Waals surface area contributed by atoms with Crippen LogP contribution >= 0.6 is 11.6 Å². The first-order chi connectivity index (χ1) is 8.12. The van der Waals surface area contributed by atoms with Gasteiger partial charge in [-0.2, -0.15) is 5.26 Å². The second-order valence-electron chi connectivity index (χ2n) is 3.99. The van der Waals surface area contributed by atoms with Crippen LogP contribution in [0.4, 0.5) is 0 Å². The molecular weight excluding hydrogens is 236 g/mol. The summed E-state index contributed by atoms with van der Waals surface area (Å²) in [5.74, 6) is 0. The lowest BCUT2D eigenvalue weighted by atomic mass is 9.99. The van der Waals surface area contributed by atoms with Crippen molar-refractivity contribution in [3.05, 3.63) is 34.3 Å². The lowest BCUT2D eigenvalue weighted by Crippen LogP contribution is -2.38. The van der Waals surface area contributed by atoms with Crippen LogP contribution in [0.1, 0.15) is 24.5 Å². The van der Waals surface area contributed by atoms with E-state index in [1.807, 2.05) is 20.0 Å². The molecule has 2 atom stereocenters. The Labute approximate surface area is 107 Å². The summed E-state index contributed by atoms with van der Waals surface area (Å²) in [5.41, 5.74) is 1.40. The van der Waals surface area contributed by atoms with Crippen LogP contribution in [0, 0.1) is 11.3 Å². The van der Waals surface area contributed by atoms with Crippen LogP contribution in [-0.4, -0.2) is 24.3 Å².